The SMILES string of the molecule is CC(C)N(C)C1=CC=CC=C[C@@H]1C. The van der Waals surface area contributed by atoms with Crippen LogP contribution >= 0.6 is 0 Å². The van der Waals surface area contributed by atoms with Gasteiger partial charge in [-0.25, -0.2) is 0 Å². The van der Waals surface area contributed by atoms with Gasteiger partial charge in [-0.2, -0.15) is 0 Å². The van der Waals surface area contributed by atoms with Gasteiger partial charge >= 0.3 is 0 Å². The number of hydrogen-bond acceptors (Lipinski definition) is 1. The summed E-state index contributed by atoms with van der Waals surface area (Å²) in [6, 6.07) is 0.564. The van der Waals surface area contributed by atoms with Crippen LogP contribution in [0.15, 0.2) is 36.1 Å². The van der Waals surface area contributed by atoms with Crippen LogP contribution in [0.4, 0.5) is 0 Å². The molecular weight excluding hydrogens is 158 g/mol. The van der Waals surface area contributed by atoms with E-state index >= 15 is 0 Å². The molecule has 0 unspecified atom stereocenters. The largest absolute Gasteiger partial charge is 0.375 e. The predicted molar refractivity (Wildman–Crippen MR) is 58.4 cm³/mol. The lowest BCUT2D eigenvalue weighted by atomic mass is 10.1. The van der Waals surface area contributed by atoms with Crippen molar-refractivity contribution in [1.82, 2.24) is 4.90 Å². The Morgan fingerprint density at radius 1 is 1.23 bits per heavy atom. The van der Waals surface area contributed by atoms with Crippen LogP contribution in [0, 0.1) is 5.92 Å². The Balaban J connectivity index is 2.83. The molecule has 0 amide bonds. The monoisotopic (exact) mass is 177 g/mol. The van der Waals surface area contributed by atoms with Gasteiger partial charge in [0.2, 0.25) is 0 Å². The first kappa shape index (κ1) is 10.1. The Morgan fingerprint density at radius 3 is 2.54 bits per heavy atom. The standard InChI is InChI=1S/C12H19N/c1-10(2)13(4)12-9-7-5-6-8-11(12)3/h5-11H,1-4H3/t11-/m0/s1. The van der Waals surface area contributed by atoms with E-state index in [1.165, 1.54) is 5.70 Å². The number of nitrogens with zero attached hydrogens (tertiary/aromatic N) is 1. The maximum Gasteiger partial charge on any atom is 0.0227 e. The lowest BCUT2D eigenvalue weighted by molar-refractivity contribution is 0.320. The minimum Gasteiger partial charge on any atom is -0.375 e. The molecule has 0 heterocycles. The highest BCUT2D eigenvalue weighted by Crippen LogP contribution is 2.19. The minimum atomic E-state index is 0.516. The number of hydrogen-bond donors (Lipinski definition) is 0. The average Bonchev–Trinajstić information content (AvgIpc) is 2.28. The van der Waals surface area contributed by atoms with Crippen molar-refractivity contribution in [3.05, 3.63) is 36.1 Å². The summed E-state index contributed by atoms with van der Waals surface area (Å²) in [5, 5.41) is 0. The molecule has 0 saturated carbocycles. The number of allylic oxidation sites excluding steroid dienone is 5. The highest BCUT2D eigenvalue weighted by Gasteiger charge is 2.12. The molecule has 72 valence electrons. The van der Waals surface area contributed by atoms with Gasteiger partial charge in [0, 0.05) is 24.7 Å². The zero-order valence-electron chi connectivity index (χ0n) is 8.99. The van der Waals surface area contributed by atoms with Gasteiger partial charge in [0.25, 0.3) is 0 Å². The van der Waals surface area contributed by atoms with Crippen LogP contribution in [-0.4, -0.2) is 18.0 Å². The smallest absolute Gasteiger partial charge is 0.0227 e. The third-order valence-electron chi connectivity index (χ3n) is 2.54. The summed E-state index contributed by atoms with van der Waals surface area (Å²) in [6.07, 6.45) is 10.7. The third-order valence-corrected chi connectivity index (χ3v) is 2.54. The Bertz CT molecular complexity index is 246. The molecular formula is C12H19N. The Hall–Kier alpha value is -0.980. The first-order valence-corrected chi connectivity index (χ1v) is 4.91. The van der Waals surface area contributed by atoms with Crippen LogP contribution in [0.1, 0.15) is 20.8 Å². The summed E-state index contributed by atoms with van der Waals surface area (Å²) in [7, 11) is 2.15. The predicted octanol–water partition coefficient (Wildman–Crippen LogP) is 2.97. The first-order chi connectivity index (χ1) is 6.13. The van der Waals surface area contributed by atoms with Crippen molar-refractivity contribution in [2.45, 2.75) is 26.8 Å². The summed E-state index contributed by atoms with van der Waals surface area (Å²) in [6.45, 7) is 6.66. The molecule has 0 fully saturated rings. The molecule has 0 radical (unpaired) electrons. The fourth-order valence-corrected chi connectivity index (χ4v) is 1.44. The molecule has 13 heavy (non-hydrogen) atoms. The average molecular weight is 177 g/mol. The third kappa shape index (κ3) is 2.48. The fraction of sp³-hybridized carbons (Fsp3) is 0.500. The summed E-state index contributed by atoms with van der Waals surface area (Å²) in [4.78, 5) is 2.32. The summed E-state index contributed by atoms with van der Waals surface area (Å²) in [5.41, 5.74) is 1.39. The van der Waals surface area contributed by atoms with E-state index in [9.17, 15) is 0 Å². The van der Waals surface area contributed by atoms with Gasteiger partial charge < -0.3 is 4.90 Å². The second-order valence-electron chi connectivity index (χ2n) is 3.85. The van der Waals surface area contributed by atoms with E-state index in [0.717, 1.165) is 0 Å². The molecule has 1 nitrogen and oxygen atoms in total. The van der Waals surface area contributed by atoms with E-state index < -0.39 is 0 Å². The Kier molecular flexibility index (Phi) is 3.35. The molecule has 0 spiro atoms. The summed E-state index contributed by atoms with van der Waals surface area (Å²) >= 11 is 0. The first-order valence-electron chi connectivity index (χ1n) is 4.91. The van der Waals surface area contributed by atoms with Crippen LogP contribution in [0.3, 0.4) is 0 Å². The van der Waals surface area contributed by atoms with Gasteiger partial charge in [-0.15, -0.1) is 0 Å². The fourth-order valence-electron chi connectivity index (χ4n) is 1.44. The van der Waals surface area contributed by atoms with Crippen molar-refractivity contribution in [1.29, 1.82) is 0 Å². The minimum absolute atomic E-state index is 0.516. The van der Waals surface area contributed by atoms with Gasteiger partial charge in [-0.3, -0.25) is 0 Å². The van der Waals surface area contributed by atoms with E-state index in [4.69, 9.17) is 0 Å². The van der Waals surface area contributed by atoms with Crippen LogP contribution in [0.25, 0.3) is 0 Å². The highest BCUT2D eigenvalue weighted by atomic mass is 15.1. The van der Waals surface area contributed by atoms with Crippen LogP contribution in [-0.2, 0) is 0 Å². The van der Waals surface area contributed by atoms with Crippen molar-refractivity contribution >= 4 is 0 Å². The van der Waals surface area contributed by atoms with Crippen molar-refractivity contribution in [2.75, 3.05) is 7.05 Å². The van der Waals surface area contributed by atoms with Crippen LogP contribution in [0.5, 0.6) is 0 Å². The van der Waals surface area contributed by atoms with Gasteiger partial charge in [0.05, 0.1) is 0 Å². The lowest BCUT2D eigenvalue weighted by Crippen LogP contribution is -2.28. The second kappa shape index (κ2) is 4.31. The van der Waals surface area contributed by atoms with E-state index in [1.54, 1.807) is 0 Å². The molecule has 0 saturated heterocycles. The van der Waals surface area contributed by atoms with E-state index in [0.29, 0.717) is 12.0 Å². The molecule has 0 aromatic carbocycles. The van der Waals surface area contributed by atoms with E-state index in [1.807, 2.05) is 0 Å². The van der Waals surface area contributed by atoms with Gasteiger partial charge in [-0.05, 0) is 19.9 Å². The normalized spacial score (nSPS) is 21.6. The van der Waals surface area contributed by atoms with Crippen molar-refractivity contribution in [3.8, 4) is 0 Å². The highest BCUT2D eigenvalue weighted by molar-refractivity contribution is 5.25. The molecule has 0 bridgehead atoms. The van der Waals surface area contributed by atoms with Crippen LogP contribution in [0.2, 0.25) is 0 Å². The molecule has 0 aromatic heterocycles. The Morgan fingerprint density at radius 2 is 1.92 bits per heavy atom. The topological polar surface area (TPSA) is 3.24 Å². The zero-order chi connectivity index (χ0) is 9.84. The molecule has 1 rings (SSSR count). The quantitative estimate of drug-likeness (QED) is 0.627. The molecule has 0 aliphatic heterocycles. The van der Waals surface area contributed by atoms with E-state index in [2.05, 4.69) is 63.1 Å². The Labute approximate surface area is 81.4 Å². The van der Waals surface area contributed by atoms with Crippen molar-refractivity contribution in [2.24, 2.45) is 5.92 Å². The molecule has 1 aliphatic carbocycles. The lowest BCUT2D eigenvalue weighted by Gasteiger charge is -2.29. The maximum atomic E-state index is 2.32. The van der Waals surface area contributed by atoms with Crippen LogP contribution < -0.4 is 0 Å². The maximum absolute atomic E-state index is 2.32. The molecule has 1 atom stereocenters. The van der Waals surface area contributed by atoms with Crippen molar-refractivity contribution in [3.63, 3.8) is 0 Å². The van der Waals surface area contributed by atoms with E-state index in [-0.39, 0.29) is 0 Å². The van der Waals surface area contributed by atoms with Gasteiger partial charge in [0.15, 0.2) is 0 Å². The number of rotatable bonds is 2. The zero-order valence-corrected chi connectivity index (χ0v) is 8.99. The molecule has 0 aromatic rings. The molecule has 0 N–H and O–H groups in total. The van der Waals surface area contributed by atoms with Gasteiger partial charge in [0.1, 0.15) is 0 Å². The van der Waals surface area contributed by atoms with Gasteiger partial charge in [-0.1, -0.05) is 31.2 Å². The summed E-state index contributed by atoms with van der Waals surface area (Å²) in [5.74, 6) is 0.516. The molecule has 1 aliphatic rings. The second-order valence-corrected chi connectivity index (χ2v) is 3.85. The van der Waals surface area contributed by atoms with Crippen molar-refractivity contribution < 1.29 is 0 Å². The molecule has 1 heteroatoms. The summed E-state index contributed by atoms with van der Waals surface area (Å²) < 4.78 is 0.